The van der Waals surface area contributed by atoms with Gasteiger partial charge in [0, 0.05) is 28.6 Å². The minimum absolute atomic E-state index is 0.0607. The molecule has 0 aromatic heterocycles. The average Bonchev–Trinajstić information content (AvgIpc) is 2.61. The van der Waals surface area contributed by atoms with E-state index in [0.29, 0.717) is 10.6 Å². The summed E-state index contributed by atoms with van der Waals surface area (Å²) in [7, 11) is 0. The summed E-state index contributed by atoms with van der Waals surface area (Å²) in [5, 5.41) is 1.57. The molecule has 1 aliphatic heterocycles. The van der Waals surface area contributed by atoms with Gasteiger partial charge in [0.15, 0.2) is 11.0 Å². The Hall–Kier alpha value is -1.78. The van der Waals surface area contributed by atoms with Crippen LogP contribution in [0.3, 0.4) is 0 Å². The number of benzene rings is 2. The maximum atomic E-state index is 12.8. The predicted molar refractivity (Wildman–Crippen MR) is 108 cm³/mol. The quantitative estimate of drug-likeness (QED) is 0.696. The second-order valence-corrected chi connectivity index (χ2v) is 7.67. The van der Waals surface area contributed by atoms with Gasteiger partial charge in [-0.3, -0.25) is 9.79 Å². The van der Waals surface area contributed by atoms with E-state index < -0.39 is 0 Å². The van der Waals surface area contributed by atoms with E-state index in [1.54, 1.807) is 36.0 Å². The number of halogens is 1. The molecule has 0 spiro atoms. The molecule has 0 radical (unpaired) electrons. The number of nitrogens with zero attached hydrogens (tertiary/aromatic N) is 2. The molecule has 0 aliphatic carbocycles. The number of amidine groups is 1. The van der Waals surface area contributed by atoms with Crippen LogP contribution in [0.15, 0.2) is 47.5 Å². The van der Waals surface area contributed by atoms with Crippen LogP contribution in [-0.4, -0.2) is 29.8 Å². The highest BCUT2D eigenvalue weighted by atomic mass is 35.5. The first-order valence-corrected chi connectivity index (χ1v) is 9.72. The van der Waals surface area contributed by atoms with Gasteiger partial charge >= 0.3 is 0 Å². The molecule has 25 heavy (non-hydrogen) atoms. The van der Waals surface area contributed by atoms with E-state index in [-0.39, 0.29) is 12.3 Å². The van der Waals surface area contributed by atoms with Crippen molar-refractivity contribution in [1.29, 1.82) is 0 Å². The van der Waals surface area contributed by atoms with Crippen LogP contribution in [0.5, 0.6) is 0 Å². The zero-order valence-corrected chi connectivity index (χ0v) is 16.0. The van der Waals surface area contributed by atoms with Gasteiger partial charge in [0.25, 0.3) is 0 Å². The maximum Gasteiger partial charge on any atom is 0.182 e. The predicted octanol–water partition coefficient (Wildman–Crippen LogP) is 5.14. The molecule has 0 amide bonds. The van der Waals surface area contributed by atoms with Crippen LogP contribution in [0.2, 0.25) is 5.02 Å². The molecule has 0 N–H and O–H groups in total. The largest absolute Gasteiger partial charge is 0.313 e. The second kappa shape index (κ2) is 8.07. The minimum Gasteiger partial charge on any atom is -0.313 e. The highest BCUT2D eigenvalue weighted by Crippen LogP contribution is 2.27. The number of thioether (sulfide) groups is 1. The SMILES string of the molecule is Cc1ccc(N(CC(=O)c2ccc(Cl)cc2)C2=NCCCS2)c(C)c1. The fourth-order valence-electron chi connectivity index (χ4n) is 2.85. The van der Waals surface area contributed by atoms with Crippen molar-refractivity contribution in [3.8, 4) is 0 Å². The average molecular weight is 373 g/mol. The lowest BCUT2D eigenvalue weighted by molar-refractivity contribution is 0.100. The van der Waals surface area contributed by atoms with Crippen molar-refractivity contribution in [2.45, 2.75) is 20.3 Å². The molecule has 0 fully saturated rings. The molecule has 2 aromatic rings. The molecule has 3 nitrogen and oxygen atoms in total. The van der Waals surface area contributed by atoms with Gasteiger partial charge < -0.3 is 4.90 Å². The Bertz CT molecular complexity index is 802. The maximum absolute atomic E-state index is 12.8. The number of carbonyl (C=O) groups excluding carboxylic acids is 1. The summed E-state index contributed by atoms with van der Waals surface area (Å²) in [6.45, 7) is 5.25. The van der Waals surface area contributed by atoms with Gasteiger partial charge in [0.2, 0.25) is 0 Å². The Labute approximate surface area is 158 Å². The van der Waals surface area contributed by atoms with Crippen LogP contribution in [0, 0.1) is 13.8 Å². The van der Waals surface area contributed by atoms with Gasteiger partial charge in [0.05, 0.1) is 6.54 Å². The lowest BCUT2D eigenvalue weighted by atomic mass is 10.1. The number of anilines is 1. The number of hydrogen-bond donors (Lipinski definition) is 0. The number of Topliss-reactive ketones (excluding diaryl/α,β-unsaturated/α-hetero) is 1. The summed E-state index contributed by atoms with van der Waals surface area (Å²) in [6, 6.07) is 13.4. The van der Waals surface area contributed by atoms with Gasteiger partial charge in [-0.2, -0.15) is 0 Å². The Morgan fingerprint density at radius 2 is 1.96 bits per heavy atom. The highest BCUT2D eigenvalue weighted by Gasteiger charge is 2.21. The van der Waals surface area contributed by atoms with Crippen molar-refractivity contribution < 1.29 is 4.79 Å². The Morgan fingerprint density at radius 1 is 1.20 bits per heavy atom. The molecule has 5 heteroatoms. The van der Waals surface area contributed by atoms with Gasteiger partial charge in [-0.1, -0.05) is 41.1 Å². The van der Waals surface area contributed by atoms with E-state index >= 15 is 0 Å². The molecular weight excluding hydrogens is 352 g/mol. The summed E-state index contributed by atoms with van der Waals surface area (Å²) in [4.78, 5) is 19.5. The Kier molecular flexibility index (Phi) is 5.82. The number of hydrogen-bond acceptors (Lipinski definition) is 4. The first-order valence-electron chi connectivity index (χ1n) is 8.35. The van der Waals surface area contributed by atoms with E-state index in [2.05, 4.69) is 41.9 Å². The number of ketones is 1. The summed E-state index contributed by atoms with van der Waals surface area (Å²) in [5.41, 5.74) is 4.07. The summed E-state index contributed by atoms with van der Waals surface area (Å²) in [5.74, 6) is 1.10. The lowest BCUT2D eigenvalue weighted by Gasteiger charge is -2.28. The fraction of sp³-hybridized carbons (Fsp3) is 0.300. The highest BCUT2D eigenvalue weighted by molar-refractivity contribution is 8.14. The molecule has 1 aliphatic rings. The smallest absolute Gasteiger partial charge is 0.182 e. The molecule has 3 rings (SSSR count). The third-order valence-electron chi connectivity index (χ3n) is 4.12. The normalized spacial score (nSPS) is 14.1. The molecule has 130 valence electrons. The second-order valence-electron chi connectivity index (χ2n) is 6.17. The molecule has 0 atom stereocenters. The van der Waals surface area contributed by atoms with Crippen molar-refractivity contribution in [3.05, 3.63) is 64.2 Å². The first-order chi connectivity index (χ1) is 12.0. The van der Waals surface area contributed by atoms with Crippen molar-refractivity contribution in [3.63, 3.8) is 0 Å². The van der Waals surface area contributed by atoms with Gasteiger partial charge in [-0.05, 0) is 56.2 Å². The van der Waals surface area contributed by atoms with Crippen molar-refractivity contribution >= 4 is 40.0 Å². The Morgan fingerprint density at radius 3 is 2.60 bits per heavy atom. The fourth-order valence-corrected chi connectivity index (χ4v) is 3.93. The van der Waals surface area contributed by atoms with Gasteiger partial charge in [-0.15, -0.1) is 0 Å². The van der Waals surface area contributed by atoms with Crippen LogP contribution in [-0.2, 0) is 0 Å². The molecule has 0 saturated carbocycles. The minimum atomic E-state index is 0.0607. The monoisotopic (exact) mass is 372 g/mol. The Balaban J connectivity index is 1.92. The third kappa shape index (κ3) is 4.44. The van der Waals surface area contributed by atoms with Crippen LogP contribution >= 0.6 is 23.4 Å². The number of aryl methyl sites for hydroxylation is 2. The van der Waals surface area contributed by atoms with E-state index in [9.17, 15) is 4.79 Å². The van der Waals surface area contributed by atoms with Crippen LogP contribution in [0.4, 0.5) is 5.69 Å². The van der Waals surface area contributed by atoms with E-state index in [4.69, 9.17) is 11.6 Å². The number of rotatable bonds is 4. The number of carbonyl (C=O) groups is 1. The van der Waals surface area contributed by atoms with E-state index in [1.165, 1.54) is 5.56 Å². The zero-order valence-electron chi connectivity index (χ0n) is 14.5. The van der Waals surface area contributed by atoms with E-state index in [1.807, 2.05) is 0 Å². The molecule has 0 unspecified atom stereocenters. The zero-order chi connectivity index (χ0) is 17.8. The topological polar surface area (TPSA) is 32.7 Å². The molecule has 0 bridgehead atoms. The molecule has 2 aromatic carbocycles. The van der Waals surface area contributed by atoms with Crippen LogP contribution in [0.1, 0.15) is 27.9 Å². The standard InChI is InChI=1S/C20H21ClN2OS/c1-14-4-9-18(15(2)12-14)23(20-22-10-3-11-25-20)13-19(24)16-5-7-17(21)8-6-16/h4-9,12H,3,10-11,13H2,1-2H3. The summed E-state index contributed by atoms with van der Waals surface area (Å²) < 4.78 is 0. The molecule has 1 heterocycles. The van der Waals surface area contributed by atoms with Crippen molar-refractivity contribution in [2.75, 3.05) is 23.7 Å². The third-order valence-corrected chi connectivity index (χ3v) is 5.48. The van der Waals surface area contributed by atoms with Crippen molar-refractivity contribution in [2.24, 2.45) is 4.99 Å². The first kappa shape index (κ1) is 18.0. The van der Waals surface area contributed by atoms with E-state index in [0.717, 1.165) is 35.1 Å². The van der Waals surface area contributed by atoms with Crippen LogP contribution < -0.4 is 4.90 Å². The molecular formula is C20H21ClN2OS. The molecule has 0 saturated heterocycles. The number of aliphatic imine (C=N–C) groups is 1. The van der Waals surface area contributed by atoms with Crippen molar-refractivity contribution in [1.82, 2.24) is 0 Å². The van der Waals surface area contributed by atoms with Crippen LogP contribution in [0.25, 0.3) is 0 Å². The summed E-state index contributed by atoms with van der Waals surface area (Å²) >= 11 is 7.65. The van der Waals surface area contributed by atoms with Gasteiger partial charge in [-0.25, -0.2) is 0 Å². The lowest BCUT2D eigenvalue weighted by Crippen LogP contribution is -2.36. The van der Waals surface area contributed by atoms with Gasteiger partial charge in [0.1, 0.15) is 0 Å². The summed E-state index contributed by atoms with van der Waals surface area (Å²) in [6.07, 6.45) is 1.08.